The van der Waals surface area contributed by atoms with Crippen LogP contribution in [0.15, 0.2) is 12.1 Å². The first kappa shape index (κ1) is 16.2. The van der Waals surface area contributed by atoms with E-state index in [1.165, 1.54) is 12.1 Å². The lowest BCUT2D eigenvalue weighted by Crippen LogP contribution is -2.25. The van der Waals surface area contributed by atoms with Crippen molar-refractivity contribution in [3.05, 3.63) is 22.2 Å². The zero-order valence-electron chi connectivity index (χ0n) is 12.6. The molecule has 0 saturated carbocycles. The van der Waals surface area contributed by atoms with Gasteiger partial charge in [0.2, 0.25) is 0 Å². The minimum absolute atomic E-state index is 0.0553. The van der Waals surface area contributed by atoms with Gasteiger partial charge in [0, 0.05) is 12.6 Å². The largest absolute Gasteiger partial charge is 0.370 e. The summed E-state index contributed by atoms with van der Waals surface area (Å²) in [6.07, 6.45) is 1.89. The third-order valence-electron chi connectivity index (χ3n) is 3.15. The maximum Gasteiger partial charge on any atom is 0.276 e. The molecule has 0 spiro atoms. The maximum absolute atomic E-state index is 11.0. The lowest BCUT2D eigenvalue weighted by atomic mass is 10.0. The maximum atomic E-state index is 11.0. The summed E-state index contributed by atoms with van der Waals surface area (Å²) in [6.45, 7) is 9.11. The first-order chi connectivity index (χ1) is 9.47. The van der Waals surface area contributed by atoms with E-state index in [0.717, 1.165) is 19.4 Å². The second-order valence-corrected chi connectivity index (χ2v) is 5.18. The Hall–Kier alpha value is -1.85. The van der Waals surface area contributed by atoms with Crippen LogP contribution in [0.4, 0.5) is 17.3 Å². The number of hydrogen-bond acceptors (Lipinski definition) is 5. The van der Waals surface area contributed by atoms with Crippen LogP contribution < -0.4 is 10.6 Å². The van der Waals surface area contributed by atoms with Crippen LogP contribution in [-0.2, 0) is 0 Å². The molecule has 1 aromatic heterocycles. The predicted octanol–water partition coefficient (Wildman–Crippen LogP) is 3.66. The van der Waals surface area contributed by atoms with Crippen LogP contribution in [0, 0.1) is 16.0 Å². The van der Waals surface area contributed by atoms with Crippen LogP contribution in [-0.4, -0.2) is 22.5 Å². The lowest BCUT2D eigenvalue weighted by molar-refractivity contribution is -0.384. The van der Waals surface area contributed by atoms with Gasteiger partial charge in [0.15, 0.2) is 0 Å². The van der Waals surface area contributed by atoms with E-state index in [2.05, 4.69) is 36.4 Å². The SMILES string of the molecule is CCCNc1cc([N+](=O)[O-])cc(NC(CC)C(C)C)n1. The number of nitrogens with one attached hydrogen (secondary N) is 2. The van der Waals surface area contributed by atoms with Gasteiger partial charge in [0.1, 0.15) is 11.6 Å². The molecule has 6 heteroatoms. The van der Waals surface area contributed by atoms with Crippen molar-refractivity contribution in [3.63, 3.8) is 0 Å². The second kappa shape index (κ2) is 7.67. The van der Waals surface area contributed by atoms with Gasteiger partial charge in [-0.2, -0.15) is 0 Å². The molecular formula is C14H24N4O2. The number of anilines is 2. The standard InChI is InChI=1S/C14H24N4O2/c1-5-7-15-13-8-11(18(19)20)9-14(17-13)16-12(6-2)10(3)4/h8-10,12H,5-7H2,1-4H3,(H2,15,16,17). The number of nitro groups is 1. The average molecular weight is 280 g/mol. The first-order valence-electron chi connectivity index (χ1n) is 7.14. The van der Waals surface area contributed by atoms with E-state index in [1.807, 2.05) is 6.92 Å². The molecule has 0 aliphatic carbocycles. The Morgan fingerprint density at radius 1 is 1.30 bits per heavy atom. The van der Waals surface area contributed by atoms with Gasteiger partial charge < -0.3 is 10.6 Å². The first-order valence-corrected chi connectivity index (χ1v) is 7.14. The molecule has 0 fully saturated rings. The van der Waals surface area contributed by atoms with Gasteiger partial charge in [-0.1, -0.05) is 27.7 Å². The molecular weight excluding hydrogens is 256 g/mol. The van der Waals surface area contributed by atoms with Crippen molar-refractivity contribution < 1.29 is 4.92 Å². The number of rotatable bonds is 8. The van der Waals surface area contributed by atoms with Crippen molar-refractivity contribution in [1.82, 2.24) is 4.98 Å². The van der Waals surface area contributed by atoms with E-state index < -0.39 is 0 Å². The summed E-state index contributed by atoms with van der Waals surface area (Å²) in [5, 5.41) is 17.4. The molecule has 0 bridgehead atoms. The number of hydrogen-bond donors (Lipinski definition) is 2. The molecule has 6 nitrogen and oxygen atoms in total. The highest BCUT2D eigenvalue weighted by molar-refractivity contribution is 5.55. The normalized spacial score (nSPS) is 12.2. The molecule has 1 unspecified atom stereocenters. The van der Waals surface area contributed by atoms with Gasteiger partial charge in [-0.05, 0) is 18.8 Å². The summed E-state index contributed by atoms with van der Waals surface area (Å²) in [5.74, 6) is 1.54. The molecule has 1 heterocycles. The van der Waals surface area contributed by atoms with Crippen LogP contribution >= 0.6 is 0 Å². The summed E-state index contributed by atoms with van der Waals surface area (Å²) in [7, 11) is 0. The van der Waals surface area contributed by atoms with E-state index >= 15 is 0 Å². The highest BCUT2D eigenvalue weighted by Gasteiger charge is 2.15. The molecule has 0 aliphatic rings. The van der Waals surface area contributed by atoms with Crippen LogP contribution in [0.3, 0.4) is 0 Å². The zero-order valence-corrected chi connectivity index (χ0v) is 12.6. The Kier molecular flexibility index (Phi) is 6.21. The Balaban J connectivity index is 2.98. The molecule has 1 atom stereocenters. The summed E-state index contributed by atoms with van der Waals surface area (Å²) in [6, 6.07) is 3.21. The third kappa shape index (κ3) is 4.68. The smallest absolute Gasteiger partial charge is 0.276 e. The monoisotopic (exact) mass is 280 g/mol. The summed E-state index contributed by atoms with van der Waals surface area (Å²) >= 11 is 0. The fourth-order valence-corrected chi connectivity index (χ4v) is 1.97. The van der Waals surface area contributed by atoms with E-state index in [9.17, 15) is 10.1 Å². The Morgan fingerprint density at radius 3 is 2.45 bits per heavy atom. The van der Waals surface area contributed by atoms with Gasteiger partial charge in [0.05, 0.1) is 17.1 Å². The van der Waals surface area contributed by atoms with Crippen LogP contribution in [0.25, 0.3) is 0 Å². The number of pyridine rings is 1. The Morgan fingerprint density at radius 2 is 1.95 bits per heavy atom. The summed E-state index contributed by atoms with van der Waals surface area (Å²) < 4.78 is 0. The fraction of sp³-hybridized carbons (Fsp3) is 0.643. The van der Waals surface area contributed by atoms with Gasteiger partial charge in [-0.25, -0.2) is 4.98 Å². The van der Waals surface area contributed by atoms with E-state index in [0.29, 0.717) is 17.6 Å². The van der Waals surface area contributed by atoms with E-state index in [4.69, 9.17) is 0 Å². The predicted molar refractivity (Wildman–Crippen MR) is 82.2 cm³/mol. The van der Waals surface area contributed by atoms with Crippen molar-refractivity contribution in [2.45, 2.75) is 46.6 Å². The van der Waals surface area contributed by atoms with Gasteiger partial charge in [-0.15, -0.1) is 0 Å². The van der Waals surface area contributed by atoms with Crippen LogP contribution in [0.2, 0.25) is 0 Å². The topological polar surface area (TPSA) is 80.1 Å². The van der Waals surface area contributed by atoms with Crippen molar-refractivity contribution >= 4 is 17.3 Å². The van der Waals surface area contributed by atoms with Gasteiger partial charge in [-0.3, -0.25) is 10.1 Å². The van der Waals surface area contributed by atoms with Crippen molar-refractivity contribution in [3.8, 4) is 0 Å². The summed E-state index contributed by atoms with van der Waals surface area (Å²) in [5.41, 5.74) is 0.0553. The van der Waals surface area contributed by atoms with E-state index in [-0.39, 0.29) is 16.7 Å². The Labute approximate surface area is 120 Å². The van der Waals surface area contributed by atoms with Crippen molar-refractivity contribution in [2.75, 3.05) is 17.2 Å². The lowest BCUT2D eigenvalue weighted by Gasteiger charge is -2.21. The van der Waals surface area contributed by atoms with Crippen molar-refractivity contribution in [2.24, 2.45) is 5.92 Å². The highest BCUT2D eigenvalue weighted by Crippen LogP contribution is 2.22. The van der Waals surface area contributed by atoms with Crippen LogP contribution in [0.5, 0.6) is 0 Å². The van der Waals surface area contributed by atoms with E-state index in [1.54, 1.807) is 0 Å². The fourth-order valence-electron chi connectivity index (χ4n) is 1.97. The second-order valence-electron chi connectivity index (χ2n) is 5.18. The molecule has 1 rings (SSSR count). The van der Waals surface area contributed by atoms with Gasteiger partial charge >= 0.3 is 0 Å². The highest BCUT2D eigenvalue weighted by atomic mass is 16.6. The van der Waals surface area contributed by atoms with Crippen molar-refractivity contribution in [1.29, 1.82) is 0 Å². The number of aromatic nitrogens is 1. The van der Waals surface area contributed by atoms with Gasteiger partial charge in [0.25, 0.3) is 5.69 Å². The average Bonchev–Trinajstić information content (AvgIpc) is 2.41. The molecule has 20 heavy (non-hydrogen) atoms. The molecule has 112 valence electrons. The molecule has 1 aromatic rings. The quantitative estimate of drug-likeness (QED) is 0.561. The minimum Gasteiger partial charge on any atom is -0.370 e. The zero-order chi connectivity index (χ0) is 15.1. The molecule has 0 saturated heterocycles. The molecule has 0 radical (unpaired) electrons. The van der Waals surface area contributed by atoms with Crippen LogP contribution in [0.1, 0.15) is 40.5 Å². The Bertz CT molecular complexity index is 449. The molecule has 2 N–H and O–H groups in total. The molecule has 0 aliphatic heterocycles. The molecule has 0 amide bonds. The number of nitrogens with zero attached hydrogens (tertiary/aromatic N) is 2. The summed E-state index contributed by atoms with van der Waals surface area (Å²) in [4.78, 5) is 15.0. The molecule has 0 aromatic carbocycles. The third-order valence-corrected chi connectivity index (χ3v) is 3.15. The minimum atomic E-state index is -0.389.